The molecule has 4 rings (SSSR count). The van der Waals surface area contributed by atoms with E-state index >= 15 is 0 Å². The van der Waals surface area contributed by atoms with Crippen LogP contribution in [0.3, 0.4) is 0 Å². The predicted octanol–water partition coefficient (Wildman–Crippen LogP) is 5.29. The topological polar surface area (TPSA) is 104 Å². The average molecular weight is 502 g/mol. The normalized spacial score (nSPS) is 14.1. The summed E-state index contributed by atoms with van der Waals surface area (Å²) in [6, 6.07) is 17.5. The van der Waals surface area contributed by atoms with Crippen LogP contribution in [-0.4, -0.2) is 45.0 Å². The van der Waals surface area contributed by atoms with Gasteiger partial charge in [0.25, 0.3) is 0 Å². The summed E-state index contributed by atoms with van der Waals surface area (Å²) in [5.41, 5.74) is 5.54. The number of carboxylic acids is 1. The predicted molar refractivity (Wildman–Crippen MR) is 143 cm³/mol. The standard InChI is InChI=1S/C30H35N3O4/c1-20-5-3-6-24(17-20)18-22-9-11-25(12-10-22)33-15-13-23(14-16-33)19-27-31-21(2)30(37)29(32-27)26(34)7-4-8-28(35)36/h3,5-6,9-12,17,23,37H,4,7-8,13-16,18-19H2,1-2H3,(H,35,36). The first-order valence-electron chi connectivity index (χ1n) is 13.0. The molecule has 7 heteroatoms. The van der Waals surface area contributed by atoms with Crippen LogP contribution in [0.1, 0.15) is 70.8 Å². The van der Waals surface area contributed by atoms with Gasteiger partial charge in [-0.25, -0.2) is 9.97 Å². The molecule has 0 bridgehead atoms. The molecule has 0 radical (unpaired) electrons. The molecular formula is C30H35N3O4. The number of carbonyl (C=O) groups is 2. The second-order valence-corrected chi connectivity index (χ2v) is 10.1. The van der Waals surface area contributed by atoms with E-state index in [4.69, 9.17) is 5.11 Å². The lowest BCUT2D eigenvalue weighted by molar-refractivity contribution is -0.137. The lowest BCUT2D eigenvalue weighted by Gasteiger charge is -2.33. The monoisotopic (exact) mass is 501 g/mol. The van der Waals surface area contributed by atoms with Crippen molar-refractivity contribution in [1.82, 2.24) is 9.97 Å². The summed E-state index contributed by atoms with van der Waals surface area (Å²) in [5.74, 6) is -0.524. The molecule has 1 aliphatic rings. The maximum atomic E-state index is 12.5. The van der Waals surface area contributed by atoms with E-state index in [0.29, 0.717) is 23.9 Å². The molecule has 2 aromatic carbocycles. The highest BCUT2D eigenvalue weighted by Gasteiger charge is 2.23. The van der Waals surface area contributed by atoms with Crippen LogP contribution in [0.4, 0.5) is 5.69 Å². The van der Waals surface area contributed by atoms with E-state index < -0.39 is 5.97 Å². The van der Waals surface area contributed by atoms with Crippen LogP contribution in [0.2, 0.25) is 0 Å². The lowest BCUT2D eigenvalue weighted by Crippen LogP contribution is -2.34. The lowest BCUT2D eigenvalue weighted by atomic mass is 9.92. The van der Waals surface area contributed by atoms with Crippen molar-refractivity contribution in [3.05, 3.63) is 82.4 Å². The molecule has 1 saturated heterocycles. The number of nitrogens with zero attached hydrogens (tertiary/aromatic N) is 3. The number of Topliss-reactive ketones (excluding diaryl/α,β-unsaturated/α-hetero) is 1. The van der Waals surface area contributed by atoms with E-state index in [0.717, 1.165) is 32.4 Å². The molecule has 0 saturated carbocycles. The zero-order valence-electron chi connectivity index (χ0n) is 21.6. The Labute approximate surface area is 218 Å². The molecule has 37 heavy (non-hydrogen) atoms. The Kier molecular flexibility index (Phi) is 8.54. The maximum absolute atomic E-state index is 12.5. The van der Waals surface area contributed by atoms with Gasteiger partial charge in [0.2, 0.25) is 0 Å². The molecule has 0 unspecified atom stereocenters. The number of aromatic nitrogens is 2. The zero-order chi connectivity index (χ0) is 26.4. The second-order valence-electron chi connectivity index (χ2n) is 10.1. The second kappa shape index (κ2) is 12.0. The number of benzene rings is 2. The Morgan fingerprint density at radius 1 is 0.973 bits per heavy atom. The summed E-state index contributed by atoms with van der Waals surface area (Å²) < 4.78 is 0. The van der Waals surface area contributed by atoms with Crippen molar-refractivity contribution in [2.45, 2.75) is 58.8 Å². The number of hydrogen-bond donors (Lipinski definition) is 2. The van der Waals surface area contributed by atoms with Gasteiger partial charge in [-0.1, -0.05) is 42.0 Å². The minimum absolute atomic E-state index is 0.0103. The fraction of sp³-hybridized carbons (Fsp3) is 0.400. The quantitative estimate of drug-likeness (QED) is 0.364. The van der Waals surface area contributed by atoms with Gasteiger partial charge in [0.1, 0.15) is 5.82 Å². The number of carbonyl (C=O) groups excluding carboxylic acids is 1. The van der Waals surface area contributed by atoms with Gasteiger partial charge in [0, 0.05) is 38.0 Å². The molecule has 7 nitrogen and oxygen atoms in total. The Balaban J connectivity index is 1.32. The molecule has 2 N–H and O–H groups in total. The van der Waals surface area contributed by atoms with Crippen LogP contribution in [0.15, 0.2) is 48.5 Å². The smallest absolute Gasteiger partial charge is 0.303 e. The maximum Gasteiger partial charge on any atom is 0.303 e. The number of piperidine rings is 1. The van der Waals surface area contributed by atoms with Crippen LogP contribution in [0.5, 0.6) is 5.75 Å². The first-order valence-corrected chi connectivity index (χ1v) is 13.0. The Morgan fingerprint density at radius 3 is 2.38 bits per heavy atom. The highest BCUT2D eigenvalue weighted by atomic mass is 16.4. The molecule has 0 atom stereocenters. The van der Waals surface area contributed by atoms with Gasteiger partial charge in [-0.3, -0.25) is 9.59 Å². The van der Waals surface area contributed by atoms with Crippen LogP contribution in [0, 0.1) is 19.8 Å². The Morgan fingerprint density at radius 2 is 1.70 bits per heavy atom. The minimum Gasteiger partial charge on any atom is -0.504 e. The number of aryl methyl sites for hydroxylation is 2. The molecule has 1 aromatic heterocycles. The van der Waals surface area contributed by atoms with Crippen molar-refractivity contribution in [1.29, 1.82) is 0 Å². The number of carboxylic acid groups (broad SMARTS) is 1. The van der Waals surface area contributed by atoms with Gasteiger partial charge in [-0.05, 0) is 68.7 Å². The van der Waals surface area contributed by atoms with Crippen molar-refractivity contribution in [3.63, 3.8) is 0 Å². The summed E-state index contributed by atoms with van der Waals surface area (Å²) in [7, 11) is 0. The molecule has 1 aliphatic heterocycles. The summed E-state index contributed by atoms with van der Waals surface area (Å²) in [5, 5.41) is 19.1. The number of aromatic hydroxyl groups is 1. The summed E-state index contributed by atoms with van der Waals surface area (Å²) >= 11 is 0. The SMILES string of the molecule is Cc1cccc(Cc2ccc(N3CCC(Cc4nc(C)c(O)c(C(=O)CCCC(=O)O)n4)CC3)cc2)c1. The van der Waals surface area contributed by atoms with Crippen LogP contribution in [0.25, 0.3) is 0 Å². The zero-order valence-corrected chi connectivity index (χ0v) is 21.6. The molecular weight excluding hydrogens is 466 g/mol. The van der Waals surface area contributed by atoms with Crippen LogP contribution >= 0.6 is 0 Å². The molecule has 0 aliphatic carbocycles. The van der Waals surface area contributed by atoms with Crippen molar-refractivity contribution >= 4 is 17.4 Å². The molecule has 2 heterocycles. The van der Waals surface area contributed by atoms with Crippen molar-refractivity contribution in [2.75, 3.05) is 18.0 Å². The van der Waals surface area contributed by atoms with Crippen LogP contribution < -0.4 is 4.90 Å². The van der Waals surface area contributed by atoms with Gasteiger partial charge in [0.05, 0.1) is 5.69 Å². The average Bonchev–Trinajstić information content (AvgIpc) is 2.87. The van der Waals surface area contributed by atoms with Crippen molar-refractivity contribution in [2.24, 2.45) is 5.92 Å². The largest absolute Gasteiger partial charge is 0.504 e. The summed E-state index contributed by atoms with van der Waals surface area (Å²) in [6.45, 7) is 5.67. The van der Waals surface area contributed by atoms with E-state index in [1.54, 1.807) is 6.92 Å². The van der Waals surface area contributed by atoms with E-state index in [1.165, 1.54) is 22.4 Å². The Bertz CT molecular complexity index is 1250. The first kappa shape index (κ1) is 26.3. The van der Waals surface area contributed by atoms with E-state index in [2.05, 4.69) is 70.3 Å². The molecule has 0 amide bonds. The highest BCUT2D eigenvalue weighted by Crippen LogP contribution is 2.27. The van der Waals surface area contributed by atoms with Gasteiger partial charge in [-0.2, -0.15) is 0 Å². The molecule has 0 spiro atoms. The van der Waals surface area contributed by atoms with E-state index in [-0.39, 0.29) is 36.5 Å². The highest BCUT2D eigenvalue weighted by molar-refractivity contribution is 5.97. The van der Waals surface area contributed by atoms with Crippen LogP contribution in [-0.2, 0) is 17.6 Å². The number of ketones is 1. The molecule has 194 valence electrons. The summed E-state index contributed by atoms with van der Waals surface area (Å²) in [4.78, 5) is 34.5. The van der Waals surface area contributed by atoms with Gasteiger partial charge in [-0.15, -0.1) is 0 Å². The minimum atomic E-state index is -0.943. The fourth-order valence-electron chi connectivity index (χ4n) is 4.97. The van der Waals surface area contributed by atoms with E-state index in [1.807, 2.05) is 0 Å². The third kappa shape index (κ3) is 7.15. The first-order chi connectivity index (χ1) is 17.8. The Hall–Kier alpha value is -3.74. The van der Waals surface area contributed by atoms with Gasteiger partial charge in [0.15, 0.2) is 17.2 Å². The number of rotatable bonds is 10. The van der Waals surface area contributed by atoms with E-state index in [9.17, 15) is 14.7 Å². The number of hydrogen-bond acceptors (Lipinski definition) is 6. The molecule has 1 fully saturated rings. The van der Waals surface area contributed by atoms with Gasteiger partial charge >= 0.3 is 5.97 Å². The van der Waals surface area contributed by atoms with Crippen molar-refractivity contribution < 1.29 is 19.8 Å². The third-order valence-corrected chi connectivity index (χ3v) is 7.04. The number of anilines is 1. The third-order valence-electron chi connectivity index (χ3n) is 7.04. The summed E-state index contributed by atoms with van der Waals surface area (Å²) in [6.07, 6.45) is 3.75. The van der Waals surface area contributed by atoms with Crippen molar-refractivity contribution in [3.8, 4) is 5.75 Å². The fourth-order valence-corrected chi connectivity index (χ4v) is 4.97. The van der Waals surface area contributed by atoms with Gasteiger partial charge < -0.3 is 15.1 Å². The number of aliphatic carboxylic acids is 1. The molecule has 3 aromatic rings.